The van der Waals surface area contributed by atoms with Gasteiger partial charge in [0.1, 0.15) is 5.75 Å². The molecule has 0 aliphatic carbocycles. The van der Waals surface area contributed by atoms with E-state index in [4.69, 9.17) is 4.74 Å². The molecule has 30 heavy (non-hydrogen) atoms. The van der Waals surface area contributed by atoms with E-state index in [2.05, 4.69) is 4.74 Å². The second kappa shape index (κ2) is 9.62. The molecule has 0 spiro atoms. The Labute approximate surface area is 176 Å². The molecule has 0 amide bonds. The maximum absolute atomic E-state index is 12.4. The number of benzene rings is 2. The third-order valence-corrected chi connectivity index (χ3v) is 5.20. The average Bonchev–Trinajstić information content (AvgIpc) is 3.25. The largest absolute Gasteiger partial charge is 0.482 e. The average molecular weight is 423 g/mol. The maximum Gasteiger partial charge on any atom is 0.343 e. The quantitative estimate of drug-likeness (QED) is 0.170. The van der Waals surface area contributed by atoms with Gasteiger partial charge in [0.15, 0.2) is 12.4 Å². The van der Waals surface area contributed by atoms with Crippen molar-refractivity contribution in [3.63, 3.8) is 0 Å². The smallest absolute Gasteiger partial charge is 0.343 e. The van der Waals surface area contributed by atoms with Crippen molar-refractivity contribution < 1.29 is 24.0 Å². The van der Waals surface area contributed by atoms with Crippen molar-refractivity contribution in [2.24, 2.45) is 0 Å². The van der Waals surface area contributed by atoms with E-state index >= 15 is 0 Å². The van der Waals surface area contributed by atoms with Crippen LogP contribution < -0.4 is 4.74 Å². The lowest BCUT2D eigenvalue weighted by Crippen LogP contribution is -2.12. The minimum atomic E-state index is -0.491. The lowest BCUT2D eigenvalue weighted by atomic mass is 10.1. The fraction of sp³-hybridized carbons (Fsp3) is 0.0909. The Morgan fingerprint density at radius 2 is 1.80 bits per heavy atom. The number of ketones is 1. The lowest BCUT2D eigenvalue weighted by Gasteiger charge is -2.04. The molecule has 152 valence electrons. The normalized spacial score (nSPS) is 10.7. The Hall–Kier alpha value is -3.78. The monoisotopic (exact) mass is 423 g/mol. The second-order valence-electron chi connectivity index (χ2n) is 6.06. The van der Waals surface area contributed by atoms with E-state index in [9.17, 15) is 19.7 Å². The number of ether oxygens (including phenoxy) is 2. The van der Waals surface area contributed by atoms with Gasteiger partial charge in [-0.25, -0.2) is 4.79 Å². The summed E-state index contributed by atoms with van der Waals surface area (Å²) in [4.78, 5) is 35.8. The molecule has 3 rings (SSSR count). The van der Waals surface area contributed by atoms with E-state index in [0.717, 1.165) is 9.75 Å². The van der Waals surface area contributed by atoms with Gasteiger partial charge in [0, 0.05) is 21.4 Å². The molecule has 0 atom stereocenters. The van der Waals surface area contributed by atoms with E-state index in [-0.39, 0.29) is 18.1 Å². The van der Waals surface area contributed by atoms with Crippen LogP contribution in [0.25, 0.3) is 16.5 Å². The molecule has 0 aliphatic heterocycles. The first kappa shape index (κ1) is 20.9. The van der Waals surface area contributed by atoms with E-state index in [1.54, 1.807) is 54.6 Å². The first-order valence-electron chi connectivity index (χ1n) is 8.83. The van der Waals surface area contributed by atoms with Crippen molar-refractivity contribution in [2.45, 2.75) is 0 Å². The zero-order valence-electron chi connectivity index (χ0n) is 15.9. The Morgan fingerprint density at radius 1 is 1.07 bits per heavy atom. The highest BCUT2D eigenvalue weighted by atomic mass is 32.1. The van der Waals surface area contributed by atoms with Crippen LogP contribution in [0.15, 0.2) is 66.7 Å². The fourth-order valence-electron chi connectivity index (χ4n) is 2.60. The third kappa shape index (κ3) is 5.18. The van der Waals surface area contributed by atoms with Gasteiger partial charge in [-0.15, -0.1) is 11.3 Å². The molecule has 0 aliphatic rings. The van der Waals surface area contributed by atoms with Crippen molar-refractivity contribution in [1.29, 1.82) is 0 Å². The topological polar surface area (TPSA) is 95.7 Å². The molecule has 3 aromatic rings. The van der Waals surface area contributed by atoms with Crippen LogP contribution in [0.2, 0.25) is 0 Å². The summed E-state index contributed by atoms with van der Waals surface area (Å²) in [6.07, 6.45) is 3.12. The van der Waals surface area contributed by atoms with E-state index in [0.29, 0.717) is 16.9 Å². The van der Waals surface area contributed by atoms with Gasteiger partial charge in [-0.3, -0.25) is 14.9 Å². The molecule has 2 aromatic carbocycles. The van der Waals surface area contributed by atoms with E-state index in [1.165, 1.54) is 30.6 Å². The summed E-state index contributed by atoms with van der Waals surface area (Å²) >= 11 is 1.36. The highest BCUT2D eigenvalue weighted by molar-refractivity contribution is 7.16. The first-order chi connectivity index (χ1) is 14.5. The fourth-order valence-corrected chi connectivity index (χ4v) is 3.54. The summed E-state index contributed by atoms with van der Waals surface area (Å²) in [6.45, 7) is -0.204. The molecule has 1 heterocycles. The maximum atomic E-state index is 12.4. The molecule has 7 nitrogen and oxygen atoms in total. The SMILES string of the molecule is COC(=O)COc1ccc(C(=O)/C=C/c2ccc(-c3ccccc3[N+](=O)[O-])s2)cc1. The number of thiophene rings is 1. The summed E-state index contributed by atoms with van der Waals surface area (Å²) in [5, 5.41) is 11.2. The second-order valence-corrected chi connectivity index (χ2v) is 7.18. The Balaban J connectivity index is 1.67. The van der Waals surface area contributed by atoms with Crippen LogP contribution in [0.3, 0.4) is 0 Å². The predicted molar refractivity (Wildman–Crippen MR) is 114 cm³/mol. The lowest BCUT2D eigenvalue weighted by molar-refractivity contribution is -0.384. The first-order valence-corrected chi connectivity index (χ1v) is 9.65. The van der Waals surface area contributed by atoms with Gasteiger partial charge in [-0.2, -0.15) is 0 Å². The highest BCUT2D eigenvalue weighted by Crippen LogP contribution is 2.35. The number of esters is 1. The number of hydrogen-bond donors (Lipinski definition) is 0. The minimum Gasteiger partial charge on any atom is -0.482 e. The Morgan fingerprint density at radius 3 is 2.50 bits per heavy atom. The van der Waals surface area contributed by atoms with E-state index < -0.39 is 10.9 Å². The van der Waals surface area contributed by atoms with Gasteiger partial charge in [-0.05, 0) is 54.6 Å². The van der Waals surface area contributed by atoms with Crippen LogP contribution in [-0.4, -0.2) is 30.4 Å². The van der Waals surface area contributed by atoms with Crippen LogP contribution in [0.1, 0.15) is 15.2 Å². The van der Waals surface area contributed by atoms with Gasteiger partial charge in [0.2, 0.25) is 0 Å². The Kier molecular flexibility index (Phi) is 6.71. The van der Waals surface area contributed by atoms with Gasteiger partial charge < -0.3 is 9.47 Å². The zero-order chi connectivity index (χ0) is 21.5. The van der Waals surface area contributed by atoms with Crippen LogP contribution in [0.5, 0.6) is 5.75 Å². The molecule has 0 fully saturated rings. The standard InChI is InChI=1S/C22H17NO6S/c1-28-22(25)14-29-16-8-6-15(7-9-16)20(24)12-10-17-11-13-21(30-17)18-4-2-3-5-19(18)23(26)27/h2-13H,14H2,1H3/b12-10+. The third-order valence-electron chi connectivity index (χ3n) is 4.12. The number of nitrogens with zero attached hydrogens (tertiary/aromatic N) is 1. The number of nitro benzene ring substituents is 1. The summed E-state index contributed by atoms with van der Waals surface area (Å²) < 4.78 is 9.74. The van der Waals surface area contributed by atoms with Crippen molar-refractivity contribution in [3.05, 3.63) is 87.3 Å². The zero-order valence-corrected chi connectivity index (χ0v) is 16.8. The number of methoxy groups -OCH3 is 1. The highest BCUT2D eigenvalue weighted by Gasteiger charge is 2.15. The van der Waals surface area contributed by atoms with Crippen molar-refractivity contribution in [2.75, 3.05) is 13.7 Å². The van der Waals surface area contributed by atoms with Gasteiger partial charge in [0.25, 0.3) is 5.69 Å². The number of carbonyl (C=O) groups is 2. The van der Waals surface area contributed by atoms with Crippen molar-refractivity contribution in [3.8, 4) is 16.2 Å². The van der Waals surface area contributed by atoms with Crippen LogP contribution in [0, 0.1) is 10.1 Å². The number of para-hydroxylation sites is 1. The number of rotatable bonds is 8. The van der Waals surface area contributed by atoms with Crippen LogP contribution in [0.4, 0.5) is 5.69 Å². The number of carbonyl (C=O) groups excluding carboxylic acids is 2. The summed E-state index contributed by atoms with van der Waals surface area (Å²) in [7, 11) is 1.28. The number of nitro groups is 1. The number of hydrogen-bond acceptors (Lipinski definition) is 7. The molecule has 8 heteroatoms. The molecule has 1 aromatic heterocycles. The van der Waals surface area contributed by atoms with Crippen LogP contribution in [-0.2, 0) is 9.53 Å². The predicted octanol–water partition coefficient (Wildman–Crippen LogP) is 4.77. The van der Waals surface area contributed by atoms with Gasteiger partial charge >= 0.3 is 5.97 Å². The summed E-state index contributed by atoms with van der Waals surface area (Å²) in [5.74, 6) is -0.238. The van der Waals surface area contributed by atoms with E-state index in [1.807, 2.05) is 6.07 Å². The van der Waals surface area contributed by atoms with Crippen molar-refractivity contribution >= 4 is 34.9 Å². The van der Waals surface area contributed by atoms with Crippen molar-refractivity contribution in [1.82, 2.24) is 0 Å². The molecule has 0 saturated heterocycles. The summed E-state index contributed by atoms with van der Waals surface area (Å²) in [6, 6.07) is 16.6. The molecule has 0 radical (unpaired) electrons. The minimum absolute atomic E-state index is 0.0421. The molecule has 0 N–H and O–H groups in total. The number of allylic oxidation sites excluding steroid dienone is 1. The molecular formula is C22H17NO6S. The molecule has 0 bridgehead atoms. The molecule has 0 saturated carbocycles. The van der Waals surface area contributed by atoms with Gasteiger partial charge in [-0.1, -0.05) is 12.1 Å². The Bertz CT molecular complexity index is 1100. The molecular weight excluding hydrogens is 406 g/mol. The molecule has 0 unspecified atom stereocenters. The summed E-state index contributed by atoms with van der Waals surface area (Å²) in [5.41, 5.74) is 1.05. The van der Waals surface area contributed by atoms with Gasteiger partial charge in [0.05, 0.1) is 17.6 Å². The van der Waals surface area contributed by atoms with Crippen LogP contribution >= 0.6 is 11.3 Å².